The maximum absolute atomic E-state index is 13.8. The second-order valence-corrected chi connectivity index (χ2v) is 9.99. The number of amides is 1. The van der Waals surface area contributed by atoms with E-state index >= 15 is 0 Å². The largest absolute Gasteiger partial charge is 0.501 e. The molecule has 2 aromatic carbocycles. The van der Waals surface area contributed by atoms with Crippen molar-refractivity contribution in [3.05, 3.63) is 51.7 Å². The van der Waals surface area contributed by atoms with E-state index in [2.05, 4.69) is 21.2 Å². The Morgan fingerprint density at radius 1 is 1.21 bits per heavy atom. The normalized spacial score (nSPS) is 19.5. The molecule has 0 bridgehead atoms. The first-order valence-electron chi connectivity index (χ1n) is 9.24. The zero-order valence-electron chi connectivity index (χ0n) is 16.3. The van der Waals surface area contributed by atoms with Crippen molar-refractivity contribution in [1.29, 1.82) is 0 Å². The molecule has 1 aliphatic carbocycles. The summed E-state index contributed by atoms with van der Waals surface area (Å²) in [5.74, 6) is -2.90. The van der Waals surface area contributed by atoms with Crippen molar-refractivity contribution in [2.24, 2.45) is 0 Å². The molecule has 1 fully saturated rings. The minimum absolute atomic E-state index is 0.0628. The van der Waals surface area contributed by atoms with Crippen LogP contribution in [0.5, 0.6) is 11.5 Å². The zero-order valence-corrected chi connectivity index (χ0v) is 18.7. The fourth-order valence-corrected chi connectivity index (χ4v) is 5.41. The van der Waals surface area contributed by atoms with Gasteiger partial charge in [-0.3, -0.25) is 0 Å². The minimum Gasteiger partial charge on any atom is -0.465 e. The van der Waals surface area contributed by atoms with Gasteiger partial charge in [-0.2, -0.15) is 13.2 Å². The molecule has 0 saturated carbocycles. The van der Waals surface area contributed by atoms with Gasteiger partial charge in [0.05, 0.1) is 24.2 Å². The summed E-state index contributed by atoms with van der Waals surface area (Å²) in [7, 11) is -5.88. The Morgan fingerprint density at radius 2 is 1.88 bits per heavy atom. The second kappa shape index (κ2) is 8.11. The van der Waals surface area contributed by atoms with Crippen molar-refractivity contribution in [2.75, 3.05) is 13.2 Å². The van der Waals surface area contributed by atoms with Crippen molar-refractivity contribution in [2.45, 2.75) is 28.7 Å². The van der Waals surface area contributed by atoms with Gasteiger partial charge in [0, 0.05) is 28.1 Å². The average molecular weight is 556 g/mol. The first kappa shape index (κ1) is 23.7. The lowest BCUT2D eigenvalue weighted by molar-refractivity contribution is -0.168. The number of sulfone groups is 1. The van der Waals surface area contributed by atoms with Crippen molar-refractivity contribution in [3.63, 3.8) is 0 Å². The van der Waals surface area contributed by atoms with E-state index in [4.69, 9.17) is 14.2 Å². The molecular formula is C19H14BrF4NO7S. The lowest BCUT2D eigenvalue weighted by atomic mass is 10.1. The Hall–Kier alpha value is -2.42. The van der Waals surface area contributed by atoms with Gasteiger partial charge >= 0.3 is 11.6 Å². The standard InChI is InChI=1S/C19H14BrF4NO7S/c20-9-5-10(21)7-11(6-9)32-13-1-2-14(33(28,29)19(22,23)24)16-15(13)12(25-17(26)27)8-18(16)30-3-4-31-18/h1-2,5-7,12,25H,3-4,8H2,(H,26,27). The molecule has 1 atom stereocenters. The highest BCUT2D eigenvalue weighted by atomic mass is 79.9. The molecule has 0 aromatic heterocycles. The fraction of sp³-hybridized carbons (Fsp3) is 0.316. The van der Waals surface area contributed by atoms with E-state index in [1.807, 2.05) is 0 Å². The monoisotopic (exact) mass is 555 g/mol. The maximum Gasteiger partial charge on any atom is 0.501 e. The van der Waals surface area contributed by atoms with Crippen LogP contribution in [0, 0.1) is 5.82 Å². The highest BCUT2D eigenvalue weighted by Crippen LogP contribution is 2.55. The minimum atomic E-state index is -5.88. The summed E-state index contributed by atoms with van der Waals surface area (Å²) >= 11 is 3.09. The number of alkyl halides is 3. The third-order valence-electron chi connectivity index (χ3n) is 5.08. The number of benzene rings is 2. The molecule has 1 heterocycles. The van der Waals surface area contributed by atoms with Crippen LogP contribution >= 0.6 is 15.9 Å². The van der Waals surface area contributed by atoms with Gasteiger partial charge in [0.25, 0.3) is 9.84 Å². The van der Waals surface area contributed by atoms with E-state index in [1.54, 1.807) is 0 Å². The van der Waals surface area contributed by atoms with Crippen LogP contribution in [0.2, 0.25) is 0 Å². The van der Waals surface area contributed by atoms with E-state index in [9.17, 15) is 35.9 Å². The van der Waals surface area contributed by atoms with Crippen LogP contribution in [0.25, 0.3) is 0 Å². The first-order valence-corrected chi connectivity index (χ1v) is 11.5. The molecule has 1 spiro atoms. The van der Waals surface area contributed by atoms with Crippen molar-refractivity contribution < 1.29 is 50.1 Å². The smallest absolute Gasteiger partial charge is 0.465 e. The number of carbonyl (C=O) groups is 1. The summed E-state index contributed by atoms with van der Waals surface area (Å²) < 4.78 is 95.9. The van der Waals surface area contributed by atoms with Crippen molar-refractivity contribution >= 4 is 31.9 Å². The van der Waals surface area contributed by atoms with Gasteiger partial charge in [0.15, 0.2) is 5.79 Å². The van der Waals surface area contributed by atoms with Crippen LogP contribution in [-0.4, -0.2) is 38.3 Å². The van der Waals surface area contributed by atoms with Crippen LogP contribution in [0.4, 0.5) is 22.4 Å². The summed E-state index contributed by atoms with van der Waals surface area (Å²) in [4.78, 5) is 10.2. The van der Waals surface area contributed by atoms with Crippen LogP contribution in [-0.2, 0) is 25.1 Å². The predicted molar refractivity (Wildman–Crippen MR) is 106 cm³/mol. The van der Waals surface area contributed by atoms with E-state index in [-0.39, 0.29) is 36.7 Å². The third kappa shape index (κ3) is 4.16. The number of carboxylic acid groups (broad SMARTS) is 1. The van der Waals surface area contributed by atoms with Gasteiger partial charge < -0.3 is 24.6 Å². The highest BCUT2D eigenvalue weighted by molar-refractivity contribution is 9.10. The molecule has 33 heavy (non-hydrogen) atoms. The molecule has 8 nitrogen and oxygen atoms in total. The SMILES string of the molecule is O=C(O)NC1CC2(OCCO2)c2c(S(=O)(=O)C(F)(F)F)ccc(Oc3cc(F)cc(Br)c3)c21. The highest BCUT2D eigenvalue weighted by Gasteiger charge is 2.57. The molecule has 178 valence electrons. The molecule has 0 radical (unpaired) electrons. The molecule has 4 rings (SSSR count). The van der Waals surface area contributed by atoms with Crippen LogP contribution < -0.4 is 10.1 Å². The second-order valence-electron chi connectivity index (χ2n) is 7.16. The molecule has 2 aromatic rings. The first-order chi connectivity index (χ1) is 15.3. The molecule has 2 aliphatic rings. The number of ether oxygens (including phenoxy) is 3. The lowest BCUT2D eigenvalue weighted by Crippen LogP contribution is -2.31. The molecule has 2 N–H and O–H groups in total. The van der Waals surface area contributed by atoms with Crippen LogP contribution in [0.1, 0.15) is 23.6 Å². The van der Waals surface area contributed by atoms with E-state index in [0.717, 1.165) is 18.2 Å². The van der Waals surface area contributed by atoms with Crippen LogP contribution in [0.15, 0.2) is 39.7 Å². The van der Waals surface area contributed by atoms with E-state index in [1.165, 1.54) is 6.07 Å². The van der Waals surface area contributed by atoms with Gasteiger partial charge in [-0.15, -0.1) is 0 Å². The van der Waals surface area contributed by atoms with Gasteiger partial charge in [-0.25, -0.2) is 17.6 Å². The molecule has 1 aliphatic heterocycles. The lowest BCUT2D eigenvalue weighted by Gasteiger charge is -2.25. The number of hydrogen-bond acceptors (Lipinski definition) is 6. The number of hydrogen-bond donors (Lipinski definition) is 2. The Bertz CT molecular complexity index is 1210. The van der Waals surface area contributed by atoms with Crippen molar-refractivity contribution in [3.8, 4) is 11.5 Å². The molecular weight excluding hydrogens is 542 g/mol. The van der Waals surface area contributed by atoms with Crippen molar-refractivity contribution in [1.82, 2.24) is 5.32 Å². The molecule has 1 unspecified atom stereocenters. The van der Waals surface area contributed by atoms with Gasteiger partial charge in [0.2, 0.25) is 0 Å². The van der Waals surface area contributed by atoms with Crippen LogP contribution in [0.3, 0.4) is 0 Å². The topological polar surface area (TPSA) is 111 Å². The number of nitrogens with one attached hydrogen (secondary N) is 1. The van der Waals surface area contributed by atoms with E-state index in [0.29, 0.717) is 10.5 Å². The Balaban J connectivity index is 1.97. The van der Waals surface area contributed by atoms with Gasteiger partial charge in [0.1, 0.15) is 17.3 Å². The van der Waals surface area contributed by atoms with E-state index < -0.39 is 49.5 Å². The summed E-state index contributed by atoms with van der Waals surface area (Å²) in [6.45, 7) is -0.126. The number of halogens is 5. The molecule has 1 saturated heterocycles. The summed E-state index contributed by atoms with van der Waals surface area (Å²) in [6.07, 6.45) is -1.87. The summed E-state index contributed by atoms with van der Waals surface area (Å²) in [5, 5.41) is 11.4. The molecule has 1 amide bonds. The zero-order chi connectivity index (χ0) is 24.2. The number of rotatable bonds is 4. The van der Waals surface area contributed by atoms with Gasteiger partial charge in [-0.05, 0) is 24.3 Å². The third-order valence-corrected chi connectivity index (χ3v) is 7.07. The summed E-state index contributed by atoms with van der Waals surface area (Å²) in [6, 6.07) is 3.88. The molecule has 14 heteroatoms. The average Bonchev–Trinajstić information content (AvgIpc) is 3.26. The predicted octanol–water partition coefficient (Wildman–Crippen LogP) is 4.59. The quantitative estimate of drug-likeness (QED) is 0.531. The Kier molecular flexibility index (Phi) is 5.83. The maximum atomic E-state index is 13.8. The fourth-order valence-electron chi connectivity index (χ4n) is 3.93. The Morgan fingerprint density at radius 3 is 2.45 bits per heavy atom. The number of fused-ring (bicyclic) bond motifs is 2. The summed E-state index contributed by atoms with van der Waals surface area (Å²) in [5.41, 5.74) is -6.37. The Labute approximate surface area is 192 Å². The van der Waals surface area contributed by atoms with Gasteiger partial charge in [-0.1, -0.05) is 15.9 Å².